The predicted octanol–water partition coefficient (Wildman–Crippen LogP) is -1.16. The number of imidazole rings is 1. The molecule has 0 unspecified atom stereocenters. The lowest BCUT2D eigenvalue weighted by Gasteiger charge is -2.27. The van der Waals surface area contributed by atoms with Gasteiger partial charge in [0.05, 0.1) is 0 Å². The summed E-state index contributed by atoms with van der Waals surface area (Å²) in [5.41, 5.74) is 0. The number of sulfonamides is 1. The first-order valence-electron chi connectivity index (χ1n) is 8.08. The van der Waals surface area contributed by atoms with E-state index in [1.54, 1.807) is 18.5 Å². The number of carbonyl (C=O) groups excluding carboxylic acids is 1. The van der Waals surface area contributed by atoms with E-state index in [0.29, 0.717) is 12.4 Å². The fraction of sp³-hybridized carbons (Fsp3) is 0.714. The van der Waals surface area contributed by atoms with E-state index in [4.69, 9.17) is 0 Å². The van der Waals surface area contributed by atoms with Gasteiger partial charge in [-0.15, -0.1) is 12.4 Å². The maximum absolute atomic E-state index is 12.1. The van der Waals surface area contributed by atoms with Crippen molar-refractivity contribution >= 4 is 28.3 Å². The van der Waals surface area contributed by atoms with Gasteiger partial charge in [0.15, 0.2) is 5.03 Å². The number of aromatic nitrogens is 2. The van der Waals surface area contributed by atoms with Crippen LogP contribution in [0.5, 0.6) is 0 Å². The van der Waals surface area contributed by atoms with Crippen molar-refractivity contribution in [1.82, 2.24) is 29.8 Å². The number of amides is 1. The number of aryl methyl sites for hydroxylation is 2. The van der Waals surface area contributed by atoms with Gasteiger partial charge in [0.2, 0.25) is 5.91 Å². The molecule has 1 aromatic rings. The van der Waals surface area contributed by atoms with E-state index in [0.717, 1.165) is 32.7 Å². The van der Waals surface area contributed by atoms with Crippen molar-refractivity contribution in [3.8, 4) is 0 Å². The molecule has 144 valence electrons. The molecule has 1 aliphatic heterocycles. The minimum Gasteiger partial charge on any atom is -0.355 e. The first-order chi connectivity index (χ1) is 11.4. The van der Waals surface area contributed by atoms with E-state index >= 15 is 0 Å². The second kappa shape index (κ2) is 10.1. The van der Waals surface area contributed by atoms with E-state index in [2.05, 4.69) is 25.2 Å². The van der Waals surface area contributed by atoms with Crippen LogP contribution < -0.4 is 15.4 Å². The molecule has 2 rings (SSSR count). The zero-order chi connectivity index (χ0) is 17.6. The lowest BCUT2D eigenvalue weighted by Crippen LogP contribution is -2.46. The Balaban J connectivity index is 0.00000312. The van der Waals surface area contributed by atoms with E-state index in [1.165, 1.54) is 6.20 Å². The van der Waals surface area contributed by atoms with Crippen LogP contribution in [0.25, 0.3) is 0 Å². The molecular weight excluding hydrogens is 368 g/mol. The molecule has 2 heterocycles. The van der Waals surface area contributed by atoms with Crippen LogP contribution in [0.1, 0.15) is 12.2 Å². The standard InChI is InChI=1S/C14H26N6O3S.ClH/c1-12-18-14(11-19(12)2)24(22,23)17-4-3-13(21)16-7-10-20-8-5-15-6-9-20;/h11,15,17H,3-10H2,1-2H3,(H,16,21);1H. The largest absolute Gasteiger partial charge is 0.355 e. The minimum absolute atomic E-state index is 0. The summed E-state index contributed by atoms with van der Waals surface area (Å²) < 4.78 is 28.2. The molecule has 1 aromatic heterocycles. The quantitative estimate of drug-likeness (QED) is 0.513. The SMILES string of the molecule is Cc1nc(S(=O)(=O)NCCC(=O)NCCN2CCNCC2)cn1C.Cl. The van der Waals surface area contributed by atoms with Gasteiger partial charge in [-0.05, 0) is 6.92 Å². The molecule has 0 saturated carbocycles. The van der Waals surface area contributed by atoms with Crippen LogP contribution in [0.4, 0.5) is 0 Å². The molecule has 25 heavy (non-hydrogen) atoms. The molecule has 3 N–H and O–H groups in total. The summed E-state index contributed by atoms with van der Waals surface area (Å²) in [5.74, 6) is 0.450. The van der Waals surface area contributed by atoms with Gasteiger partial charge in [-0.3, -0.25) is 9.69 Å². The summed E-state index contributed by atoms with van der Waals surface area (Å²) in [5, 5.41) is 6.06. The highest BCUT2D eigenvalue weighted by Gasteiger charge is 2.18. The number of halogens is 1. The second-order valence-corrected chi connectivity index (χ2v) is 7.54. The smallest absolute Gasteiger partial charge is 0.259 e. The molecule has 0 aliphatic carbocycles. The van der Waals surface area contributed by atoms with Crippen LogP contribution in [0.15, 0.2) is 11.2 Å². The maximum atomic E-state index is 12.1. The molecule has 0 bridgehead atoms. The molecule has 0 radical (unpaired) electrons. The highest BCUT2D eigenvalue weighted by molar-refractivity contribution is 7.89. The van der Waals surface area contributed by atoms with Gasteiger partial charge >= 0.3 is 0 Å². The average Bonchev–Trinajstić information content (AvgIpc) is 2.88. The molecule has 11 heteroatoms. The van der Waals surface area contributed by atoms with Crippen molar-refractivity contribution in [1.29, 1.82) is 0 Å². The summed E-state index contributed by atoms with van der Waals surface area (Å²) in [7, 11) is -1.94. The van der Waals surface area contributed by atoms with Gasteiger partial charge < -0.3 is 15.2 Å². The lowest BCUT2D eigenvalue weighted by atomic mass is 10.3. The highest BCUT2D eigenvalue weighted by atomic mass is 35.5. The summed E-state index contributed by atoms with van der Waals surface area (Å²) >= 11 is 0. The van der Waals surface area contributed by atoms with Crippen LogP contribution >= 0.6 is 12.4 Å². The first-order valence-corrected chi connectivity index (χ1v) is 9.56. The third-order valence-electron chi connectivity index (χ3n) is 3.97. The molecule has 1 amide bonds. The molecule has 1 saturated heterocycles. The Bertz CT molecular complexity index is 638. The number of piperazine rings is 1. The van der Waals surface area contributed by atoms with Crippen molar-refractivity contribution in [3.05, 3.63) is 12.0 Å². The zero-order valence-corrected chi connectivity index (χ0v) is 16.3. The normalized spacial score (nSPS) is 15.6. The van der Waals surface area contributed by atoms with Crippen LogP contribution in [-0.2, 0) is 21.9 Å². The Morgan fingerprint density at radius 2 is 2.00 bits per heavy atom. The Labute approximate surface area is 155 Å². The topological polar surface area (TPSA) is 108 Å². The summed E-state index contributed by atoms with van der Waals surface area (Å²) in [6.07, 6.45) is 1.55. The summed E-state index contributed by atoms with van der Waals surface area (Å²) in [4.78, 5) is 18.0. The number of hydrogen-bond acceptors (Lipinski definition) is 6. The molecule has 0 spiro atoms. The fourth-order valence-electron chi connectivity index (χ4n) is 2.41. The van der Waals surface area contributed by atoms with Crippen LogP contribution in [0.3, 0.4) is 0 Å². The van der Waals surface area contributed by atoms with Crippen molar-refractivity contribution in [2.24, 2.45) is 7.05 Å². The predicted molar refractivity (Wildman–Crippen MR) is 97.3 cm³/mol. The second-order valence-electron chi connectivity index (χ2n) is 5.83. The van der Waals surface area contributed by atoms with Gasteiger partial charge in [-0.1, -0.05) is 0 Å². The van der Waals surface area contributed by atoms with E-state index < -0.39 is 10.0 Å². The van der Waals surface area contributed by atoms with Crippen LogP contribution in [0.2, 0.25) is 0 Å². The number of nitrogens with zero attached hydrogens (tertiary/aromatic N) is 3. The Morgan fingerprint density at radius 1 is 1.32 bits per heavy atom. The maximum Gasteiger partial charge on any atom is 0.259 e. The molecular formula is C14H27ClN6O3S. The van der Waals surface area contributed by atoms with Crippen molar-refractivity contribution in [2.75, 3.05) is 45.8 Å². The van der Waals surface area contributed by atoms with Gasteiger partial charge in [0, 0.05) is 65.5 Å². The summed E-state index contributed by atoms with van der Waals surface area (Å²) in [6, 6.07) is 0. The monoisotopic (exact) mass is 394 g/mol. The van der Waals surface area contributed by atoms with Gasteiger partial charge in [-0.2, -0.15) is 0 Å². The third kappa shape index (κ3) is 6.90. The van der Waals surface area contributed by atoms with E-state index in [-0.39, 0.29) is 36.3 Å². The number of rotatable bonds is 8. The van der Waals surface area contributed by atoms with Crippen molar-refractivity contribution < 1.29 is 13.2 Å². The third-order valence-corrected chi connectivity index (χ3v) is 5.30. The Kier molecular flexibility index (Phi) is 8.80. The Hall–Kier alpha value is -1.20. The lowest BCUT2D eigenvalue weighted by molar-refractivity contribution is -0.120. The Morgan fingerprint density at radius 3 is 2.60 bits per heavy atom. The number of hydrogen-bond donors (Lipinski definition) is 3. The molecule has 9 nitrogen and oxygen atoms in total. The van der Waals surface area contributed by atoms with E-state index in [1.807, 2.05) is 0 Å². The molecule has 1 aliphatic rings. The average molecular weight is 395 g/mol. The van der Waals surface area contributed by atoms with Gasteiger partial charge in [0.1, 0.15) is 5.82 Å². The van der Waals surface area contributed by atoms with Gasteiger partial charge in [0.25, 0.3) is 10.0 Å². The number of nitrogens with one attached hydrogen (secondary N) is 3. The van der Waals surface area contributed by atoms with Crippen molar-refractivity contribution in [2.45, 2.75) is 18.4 Å². The van der Waals surface area contributed by atoms with Gasteiger partial charge in [-0.25, -0.2) is 18.1 Å². The summed E-state index contributed by atoms with van der Waals surface area (Å²) in [6.45, 7) is 7.09. The minimum atomic E-state index is -3.67. The molecule has 0 atom stereocenters. The number of carbonyl (C=O) groups is 1. The van der Waals surface area contributed by atoms with Crippen molar-refractivity contribution in [3.63, 3.8) is 0 Å². The first kappa shape index (κ1) is 21.8. The van der Waals surface area contributed by atoms with Crippen LogP contribution in [0, 0.1) is 6.92 Å². The fourth-order valence-corrected chi connectivity index (χ4v) is 3.47. The molecule has 1 fully saturated rings. The highest BCUT2D eigenvalue weighted by Crippen LogP contribution is 2.07. The van der Waals surface area contributed by atoms with Crippen LogP contribution in [-0.4, -0.2) is 74.6 Å². The zero-order valence-electron chi connectivity index (χ0n) is 14.6. The molecule has 0 aromatic carbocycles. The van der Waals surface area contributed by atoms with E-state index in [9.17, 15) is 13.2 Å².